The number of para-hydroxylation sites is 1. The quantitative estimate of drug-likeness (QED) is 0.884. The van der Waals surface area contributed by atoms with Gasteiger partial charge in [0.2, 0.25) is 0 Å². The standard InChI is InChI=1S/C14H21FN2O/c1-16(9-10-18)12-5-4-8-17(11-12)14-7-3-2-6-13(14)15/h2-3,6-7,12,18H,4-5,8-11H2,1H3. The van der Waals surface area contributed by atoms with Crippen LogP contribution in [-0.4, -0.2) is 49.3 Å². The van der Waals surface area contributed by atoms with Crippen molar-refractivity contribution >= 4 is 5.69 Å². The minimum atomic E-state index is -0.150. The molecular formula is C14H21FN2O. The van der Waals surface area contributed by atoms with E-state index in [9.17, 15) is 4.39 Å². The van der Waals surface area contributed by atoms with Crippen LogP contribution in [0.1, 0.15) is 12.8 Å². The molecule has 0 spiro atoms. The molecule has 1 fully saturated rings. The van der Waals surface area contributed by atoms with Crippen molar-refractivity contribution in [2.75, 3.05) is 38.2 Å². The molecule has 1 saturated heterocycles. The van der Waals surface area contributed by atoms with E-state index in [4.69, 9.17) is 5.11 Å². The monoisotopic (exact) mass is 252 g/mol. The fraction of sp³-hybridized carbons (Fsp3) is 0.571. The lowest BCUT2D eigenvalue weighted by Gasteiger charge is -2.38. The summed E-state index contributed by atoms with van der Waals surface area (Å²) in [7, 11) is 2.02. The van der Waals surface area contributed by atoms with Gasteiger partial charge in [0.1, 0.15) is 5.82 Å². The lowest BCUT2D eigenvalue weighted by molar-refractivity contribution is 0.166. The Bertz CT molecular complexity index is 386. The highest BCUT2D eigenvalue weighted by Gasteiger charge is 2.24. The van der Waals surface area contributed by atoms with Crippen molar-refractivity contribution in [1.29, 1.82) is 0 Å². The number of aliphatic hydroxyl groups excluding tert-OH is 1. The van der Waals surface area contributed by atoms with Gasteiger partial charge in [0.25, 0.3) is 0 Å². The van der Waals surface area contributed by atoms with Crippen molar-refractivity contribution in [1.82, 2.24) is 4.90 Å². The molecule has 1 atom stereocenters. The summed E-state index contributed by atoms with van der Waals surface area (Å²) in [5.74, 6) is -0.150. The number of likely N-dealkylation sites (N-methyl/N-ethyl adjacent to an activating group) is 1. The van der Waals surface area contributed by atoms with Crippen LogP contribution in [0.4, 0.5) is 10.1 Å². The summed E-state index contributed by atoms with van der Waals surface area (Å²) in [6.07, 6.45) is 2.18. The van der Waals surface area contributed by atoms with Gasteiger partial charge in [-0.15, -0.1) is 0 Å². The minimum absolute atomic E-state index is 0.150. The number of hydrogen-bond acceptors (Lipinski definition) is 3. The van der Waals surface area contributed by atoms with E-state index < -0.39 is 0 Å². The first-order chi connectivity index (χ1) is 8.72. The zero-order valence-corrected chi connectivity index (χ0v) is 10.8. The lowest BCUT2D eigenvalue weighted by Crippen LogP contribution is -2.47. The Balaban J connectivity index is 2.05. The Morgan fingerprint density at radius 3 is 2.94 bits per heavy atom. The summed E-state index contributed by atoms with van der Waals surface area (Å²) < 4.78 is 13.8. The predicted molar refractivity (Wildman–Crippen MR) is 71.4 cm³/mol. The Morgan fingerprint density at radius 2 is 2.22 bits per heavy atom. The maximum atomic E-state index is 13.8. The van der Waals surface area contributed by atoms with Gasteiger partial charge in [0.15, 0.2) is 0 Å². The zero-order valence-electron chi connectivity index (χ0n) is 10.8. The topological polar surface area (TPSA) is 26.7 Å². The number of anilines is 1. The number of halogens is 1. The smallest absolute Gasteiger partial charge is 0.146 e. The molecular weight excluding hydrogens is 231 g/mol. The van der Waals surface area contributed by atoms with Crippen molar-refractivity contribution in [3.8, 4) is 0 Å². The number of benzene rings is 1. The van der Waals surface area contributed by atoms with E-state index in [2.05, 4.69) is 9.80 Å². The second kappa shape index (κ2) is 6.16. The number of hydrogen-bond donors (Lipinski definition) is 1. The first kappa shape index (κ1) is 13.3. The van der Waals surface area contributed by atoms with E-state index in [1.807, 2.05) is 19.2 Å². The average molecular weight is 252 g/mol. The van der Waals surface area contributed by atoms with Crippen molar-refractivity contribution in [2.24, 2.45) is 0 Å². The molecule has 0 amide bonds. The van der Waals surface area contributed by atoms with Crippen molar-refractivity contribution < 1.29 is 9.50 Å². The lowest BCUT2D eigenvalue weighted by atomic mass is 10.0. The average Bonchev–Trinajstić information content (AvgIpc) is 2.40. The van der Waals surface area contributed by atoms with Crippen molar-refractivity contribution in [2.45, 2.75) is 18.9 Å². The third kappa shape index (κ3) is 3.00. The Labute approximate surface area is 108 Å². The molecule has 0 saturated carbocycles. The number of rotatable bonds is 4. The molecule has 18 heavy (non-hydrogen) atoms. The van der Waals surface area contributed by atoms with Crippen LogP contribution in [0.3, 0.4) is 0 Å². The number of aliphatic hydroxyl groups is 1. The van der Waals surface area contributed by atoms with Crippen LogP contribution in [0.25, 0.3) is 0 Å². The van der Waals surface area contributed by atoms with Crippen LogP contribution >= 0.6 is 0 Å². The van der Waals surface area contributed by atoms with Crippen LogP contribution in [-0.2, 0) is 0 Å². The van der Waals surface area contributed by atoms with Gasteiger partial charge in [-0.3, -0.25) is 4.90 Å². The third-order valence-corrected chi connectivity index (χ3v) is 3.67. The van der Waals surface area contributed by atoms with Crippen LogP contribution in [0, 0.1) is 5.82 Å². The molecule has 1 aromatic carbocycles. The molecule has 100 valence electrons. The molecule has 1 heterocycles. The van der Waals surface area contributed by atoms with Gasteiger partial charge in [-0.25, -0.2) is 4.39 Å². The SMILES string of the molecule is CN(CCO)C1CCCN(c2ccccc2F)C1. The van der Waals surface area contributed by atoms with E-state index >= 15 is 0 Å². The molecule has 0 aromatic heterocycles. The van der Waals surface area contributed by atoms with E-state index in [-0.39, 0.29) is 12.4 Å². The molecule has 1 aliphatic rings. The molecule has 0 aliphatic carbocycles. The van der Waals surface area contributed by atoms with Crippen LogP contribution < -0.4 is 4.90 Å². The van der Waals surface area contributed by atoms with E-state index in [0.29, 0.717) is 18.3 Å². The van der Waals surface area contributed by atoms with Crippen molar-refractivity contribution in [3.63, 3.8) is 0 Å². The van der Waals surface area contributed by atoms with Crippen LogP contribution in [0.15, 0.2) is 24.3 Å². The minimum Gasteiger partial charge on any atom is -0.395 e. The molecule has 3 nitrogen and oxygen atoms in total. The van der Waals surface area contributed by atoms with Crippen LogP contribution in [0.5, 0.6) is 0 Å². The molecule has 2 rings (SSSR count). The molecule has 1 N–H and O–H groups in total. The van der Waals surface area contributed by atoms with E-state index in [1.54, 1.807) is 6.07 Å². The summed E-state index contributed by atoms with van der Waals surface area (Å²) >= 11 is 0. The molecule has 1 aliphatic heterocycles. The number of piperidine rings is 1. The maximum absolute atomic E-state index is 13.8. The second-order valence-electron chi connectivity index (χ2n) is 4.90. The van der Waals surface area contributed by atoms with Gasteiger partial charge < -0.3 is 10.0 Å². The fourth-order valence-corrected chi connectivity index (χ4v) is 2.58. The summed E-state index contributed by atoms with van der Waals surface area (Å²) in [4.78, 5) is 4.27. The Kier molecular flexibility index (Phi) is 4.55. The second-order valence-corrected chi connectivity index (χ2v) is 4.90. The predicted octanol–water partition coefficient (Wildman–Crippen LogP) is 1.72. The van der Waals surface area contributed by atoms with Gasteiger partial charge >= 0.3 is 0 Å². The zero-order chi connectivity index (χ0) is 13.0. The largest absolute Gasteiger partial charge is 0.395 e. The van der Waals surface area contributed by atoms with Crippen molar-refractivity contribution in [3.05, 3.63) is 30.1 Å². The molecule has 1 unspecified atom stereocenters. The molecule has 4 heteroatoms. The third-order valence-electron chi connectivity index (χ3n) is 3.67. The van der Waals surface area contributed by atoms with Gasteiger partial charge in [-0.2, -0.15) is 0 Å². The molecule has 1 aromatic rings. The van der Waals surface area contributed by atoms with Crippen LogP contribution in [0.2, 0.25) is 0 Å². The van der Waals surface area contributed by atoms with Gasteiger partial charge in [0, 0.05) is 25.7 Å². The molecule has 0 radical (unpaired) electrons. The highest BCUT2D eigenvalue weighted by Crippen LogP contribution is 2.24. The van der Waals surface area contributed by atoms with E-state index in [1.165, 1.54) is 6.07 Å². The normalized spacial score (nSPS) is 20.4. The van der Waals surface area contributed by atoms with Gasteiger partial charge in [-0.1, -0.05) is 12.1 Å². The van der Waals surface area contributed by atoms with Gasteiger partial charge in [-0.05, 0) is 32.0 Å². The number of nitrogens with zero attached hydrogens (tertiary/aromatic N) is 2. The summed E-state index contributed by atoms with van der Waals surface area (Å²) in [5, 5.41) is 8.98. The summed E-state index contributed by atoms with van der Waals surface area (Å²) in [6.45, 7) is 2.59. The first-order valence-corrected chi connectivity index (χ1v) is 6.53. The fourth-order valence-electron chi connectivity index (χ4n) is 2.58. The summed E-state index contributed by atoms with van der Waals surface area (Å²) in [6, 6.07) is 7.34. The highest BCUT2D eigenvalue weighted by molar-refractivity contribution is 5.48. The Hall–Kier alpha value is -1.13. The Morgan fingerprint density at radius 1 is 1.44 bits per heavy atom. The highest BCUT2D eigenvalue weighted by atomic mass is 19.1. The maximum Gasteiger partial charge on any atom is 0.146 e. The van der Waals surface area contributed by atoms with Gasteiger partial charge in [0.05, 0.1) is 12.3 Å². The van der Waals surface area contributed by atoms with E-state index in [0.717, 1.165) is 25.9 Å². The summed E-state index contributed by atoms with van der Waals surface area (Å²) in [5.41, 5.74) is 0.694. The molecule has 0 bridgehead atoms. The first-order valence-electron chi connectivity index (χ1n) is 6.53.